The van der Waals surface area contributed by atoms with Gasteiger partial charge in [0.2, 0.25) is 5.91 Å². The van der Waals surface area contributed by atoms with Gasteiger partial charge in [0.25, 0.3) is 5.56 Å². The number of benzene rings is 1. The van der Waals surface area contributed by atoms with Crippen molar-refractivity contribution in [3.05, 3.63) is 57.9 Å². The molecule has 4 aliphatic heterocycles. The van der Waals surface area contributed by atoms with Crippen molar-refractivity contribution in [2.75, 3.05) is 50.2 Å². The Bertz CT molecular complexity index is 1550. The highest BCUT2D eigenvalue weighted by atomic mass is 16.5. The lowest BCUT2D eigenvalue weighted by atomic mass is 9.74. The molecule has 1 amide bonds. The minimum absolute atomic E-state index is 0.0109. The first-order valence-electron chi connectivity index (χ1n) is 14.1. The molecular weight excluding hydrogens is 510 g/mol. The van der Waals surface area contributed by atoms with Crippen LogP contribution in [0.4, 0.5) is 11.4 Å². The second-order valence-corrected chi connectivity index (χ2v) is 12.1. The van der Waals surface area contributed by atoms with E-state index in [4.69, 9.17) is 19.2 Å². The fourth-order valence-electron chi connectivity index (χ4n) is 6.70. The molecule has 10 heteroatoms. The van der Waals surface area contributed by atoms with Gasteiger partial charge in [-0.15, -0.1) is 0 Å². The average Bonchev–Trinajstić information content (AvgIpc) is 3.60. The molecule has 3 saturated heterocycles. The van der Waals surface area contributed by atoms with Crippen LogP contribution in [0.5, 0.6) is 0 Å². The maximum absolute atomic E-state index is 14.0. The summed E-state index contributed by atoms with van der Waals surface area (Å²) in [4.78, 5) is 38.3. The van der Waals surface area contributed by atoms with E-state index in [1.54, 1.807) is 7.11 Å². The third-order valence-corrected chi connectivity index (χ3v) is 9.01. The van der Waals surface area contributed by atoms with E-state index >= 15 is 0 Å². The lowest BCUT2D eigenvalue weighted by molar-refractivity contribution is -0.119. The number of pyridine rings is 1. The molecule has 6 heterocycles. The number of rotatable bonds is 7. The van der Waals surface area contributed by atoms with Gasteiger partial charge in [-0.2, -0.15) is 0 Å². The minimum atomic E-state index is -0.648. The number of nitrogens with one attached hydrogen (secondary N) is 1. The summed E-state index contributed by atoms with van der Waals surface area (Å²) in [5.74, 6) is 1.21. The molecule has 1 saturated carbocycles. The Labute approximate surface area is 232 Å². The van der Waals surface area contributed by atoms with Crippen LogP contribution in [0.1, 0.15) is 43.8 Å². The number of hydrogen-bond acceptors (Lipinski definition) is 8. The molecule has 1 N–H and O–H groups in total. The summed E-state index contributed by atoms with van der Waals surface area (Å²) in [6.07, 6.45) is 4.21. The van der Waals surface area contributed by atoms with E-state index in [1.165, 1.54) is 0 Å². The SMILES string of the molecule is COC[C@H]1CN(c2ccc3c(=O)n(CCc4cnc5c(c4)NC(=O)C5(C)C)c(C45CC(CO4)C5)nc3c2)CCO1. The summed E-state index contributed by atoms with van der Waals surface area (Å²) in [6.45, 7) is 7.60. The number of carbonyl (C=O) groups is 1. The first-order valence-corrected chi connectivity index (χ1v) is 14.1. The summed E-state index contributed by atoms with van der Waals surface area (Å²) in [5.41, 5.74) is 2.99. The third kappa shape index (κ3) is 4.03. The van der Waals surface area contributed by atoms with Crippen molar-refractivity contribution in [1.29, 1.82) is 0 Å². The van der Waals surface area contributed by atoms with Crippen LogP contribution in [0, 0.1) is 5.92 Å². The molecule has 210 valence electrons. The summed E-state index contributed by atoms with van der Waals surface area (Å²) in [5, 5.41) is 3.55. The number of morpholine rings is 1. The highest BCUT2D eigenvalue weighted by Gasteiger charge is 2.55. The zero-order valence-electron chi connectivity index (χ0n) is 23.2. The van der Waals surface area contributed by atoms with Crippen molar-refractivity contribution >= 4 is 28.2 Å². The molecule has 4 fully saturated rings. The van der Waals surface area contributed by atoms with Crippen molar-refractivity contribution in [3.63, 3.8) is 0 Å². The Kier molecular flexibility index (Phi) is 5.99. The Morgan fingerprint density at radius 2 is 2.05 bits per heavy atom. The number of carbonyl (C=O) groups excluding carboxylic acids is 1. The first-order chi connectivity index (χ1) is 19.3. The summed E-state index contributed by atoms with van der Waals surface area (Å²) in [7, 11) is 1.68. The Hall–Kier alpha value is -3.34. The molecule has 0 unspecified atom stereocenters. The largest absolute Gasteiger partial charge is 0.382 e. The van der Waals surface area contributed by atoms with Gasteiger partial charge in [0, 0.05) is 38.6 Å². The van der Waals surface area contributed by atoms with Crippen LogP contribution in [0.2, 0.25) is 0 Å². The zero-order valence-corrected chi connectivity index (χ0v) is 23.2. The van der Waals surface area contributed by atoms with E-state index in [0.29, 0.717) is 49.6 Å². The Morgan fingerprint density at radius 1 is 1.20 bits per heavy atom. The van der Waals surface area contributed by atoms with Gasteiger partial charge >= 0.3 is 0 Å². The van der Waals surface area contributed by atoms with E-state index < -0.39 is 11.0 Å². The normalized spacial score (nSPS) is 26.6. The molecule has 2 aromatic heterocycles. The molecule has 0 radical (unpaired) electrons. The topological polar surface area (TPSA) is 108 Å². The zero-order chi connectivity index (χ0) is 27.6. The summed E-state index contributed by atoms with van der Waals surface area (Å²) in [6, 6.07) is 7.90. The number of fused-ring (bicyclic) bond motifs is 3. The van der Waals surface area contributed by atoms with Gasteiger partial charge in [0.1, 0.15) is 11.4 Å². The summed E-state index contributed by atoms with van der Waals surface area (Å²) >= 11 is 0. The van der Waals surface area contributed by atoms with Crippen LogP contribution >= 0.6 is 0 Å². The molecule has 2 bridgehead atoms. The van der Waals surface area contributed by atoms with Gasteiger partial charge in [0.15, 0.2) is 0 Å². The van der Waals surface area contributed by atoms with Crippen LogP contribution in [0.15, 0.2) is 35.3 Å². The molecule has 40 heavy (non-hydrogen) atoms. The van der Waals surface area contributed by atoms with E-state index in [0.717, 1.165) is 54.4 Å². The number of methoxy groups -OCH3 is 1. The van der Waals surface area contributed by atoms with Crippen LogP contribution in [0.25, 0.3) is 10.9 Å². The van der Waals surface area contributed by atoms with Gasteiger partial charge in [-0.05, 0) is 68.9 Å². The maximum atomic E-state index is 14.0. The monoisotopic (exact) mass is 545 g/mol. The van der Waals surface area contributed by atoms with Crippen molar-refractivity contribution in [1.82, 2.24) is 14.5 Å². The predicted octanol–water partition coefficient (Wildman–Crippen LogP) is 2.75. The number of hydrogen-bond donors (Lipinski definition) is 1. The highest BCUT2D eigenvalue weighted by Crippen LogP contribution is 2.54. The molecule has 8 rings (SSSR count). The Morgan fingerprint density at radius 3 is 2.83 bits per heavy atom. The number of aryl methyl sites for hydroxylation is 1. The predicted molar refractivity (Wildman–Crippen MR) is 150 cm³/mol. The molecule has 1 atom stereocenters. The minimum Gasteiger partial charge on any atom is -0.382 e. The standard InChI is InChI=1S/C30H35N5O5/c1-29(2)25-24(33-28(29)37)10-18(14-31-25)6-7-35-26(36)22-5-4-20(34-8-9-39-21(15-34)17-38-3)11-23(22)32-27(35)30-12-19(13-30)16-40-30/h4-5,10-11,14,19,21H,6-9,12-13,15-17H2,1-3H3,(H,33,37)/t19?,21-,30?/m1/s1. The lowest BCUT2D eigenvalue weighted by Gasteiger charge is -2.37. The van der Waals surface area contributed by atoms with Crippen LogP contribution < -0.4 is 15.8 Å². The molecule has 1 aromatic carbocycles. The second kappa shape index (κ2) is 9.36. The molecular formula is C30H35N5O5. The molecule has 5 aliphatic rings. The maximum Gasteiger partial charge on any atom is 0.261 e. The number of ether oxygens (including phenoxy) is 3. The van der Waals surface area contributed by atoms with Gasteiger partial charge < -0.3 is 24.4 Å². The molecule has 1 aliphatic carbocycles. The lowest BCUT2D eigenvalue weighted by Crippen LogP contribution is -2.44. The fraction of sp³-hybridized carbons (Fsp3) is 0.533. The van der Waals surface area contributed by atoms with E-state index in [-0.39, 0.29) is 17.6 Å². The third-order valence-electron chi connectivity index (χ3n) is 9.01. The highest BCUT2D eigenvalue weighted by molar-refractivity contribution is 6.04. The second-order valence-electron chi connectivity index (χ2n) is 12.1. The van der Waals surface area contributed by atoms with Gasteiger partial charge in [-0.3, -0.25) is 19.1 Å². The first kappa shape index (κ1) is 25.6. The molecule has 0 spiro atoms. The van der Waals surface area contributed by atoms with Crippen molar-refractivity contribution in [3.8, 4) is 0 Å². The van der Waals surface area contributed by atoms with E-state index in [2.05, 4.69) is 15.2 Å². The van der Waals surface area contributed by atoms with Crippen LogP contribution in [-0.2, 0) is 43.0 Å². The van der Waals surface area contributed by atoms with Gasteiger partial charge in [0.05, 0.1) is 53.6 Å². The number of amides is 1. The summed E-state index contributed by atoms with van der Waals surface area (Å²) < 4.78 is 19.2. The van der Waals surface area contributed by atoms with Crippen molar-refractivity contribution in [2.24, 2.45) is 5.92 Å². The fourth-order valence-corrected chi connectivity index (χ4v) is 6.70. The smallest absolute Gasteiger partial charge is 0.261 e. The number of nitrogens with zero attached hydrogens (tertiary/aromatic N) is 4. The molecule has 3 aromatic rings. The van der Waals surface area contributed by atoms with Gasteiger partial charge in [-0.25, -0.2) is 4.98 Å². The quantitative estimate of drug-likeness (QED) is 0.483. The van der Waals surface area contributed by atoms with E-state index in [1.807, 2.05) is 48.9 Å². The van der Waals surface area contributed by atoms with Crippen LogP contribution in [-0.4, -0.2) is 66.6 Å². The molecule has 10 nitrogen and oxygen atoms in total. The Balaban J connectivity index is 1.22. The number of aromatic nitrogens is 3. The van der Waals surface area contributed by atoms with E-state index in [9.17, 15) is 9.59 Å². The van der Waals surface area contributed by atoms with Crippen molar-refractivity contribution < 1.29 is 19.0 Å². The van der Waals surface area contributed by atoms with Gasteiger partial charge in [-0.1, -0.05) is 0 Å². The average molecular weight is 546 g/mol. The van der Waals surface area contributed by atoms with Crippen molar-refractivity contribution in [2.45, 2.75) is 56.8 Å². The number of anilines is 2. The van der Waals surface area contributed by atoms with Crippen LogP contribution in [0.3, 0.4) is 0 Å².